The van der Waals surface area contributed by atoms with Gasteiger partial charge in [0.2, 0.25) is 0 Å². The summed E-state index contributed by atoms with van der Waals surface area (Å²) in [5.41, 5.74) is 4.33. The van der Waals surface area contributed by atoms with Gasteiger partial charge in [0.25, 0.3) is 5.91 Å². The number of carbonyl (C=O) groups excluding carboxylic acids is 1. The Balaban J connectivity index is 1.51. The molecule has 32 heavy (non-hydrogen) atoms. The highest BCUT2D eigenvalue weighted by Gasteiger charge is 2.39. The molecule has 5 rings (SSSR count). The lowest BCUT2D eigenvalue weighted by Gasteiger charge is -2.17. The number of fused-ring (bicyclic) bond motifs is 1. The van der Waals surface area contributed by atoms with Gasteiger partial charge in [-0.25, -0.2) is 4.99 Å². The molecular formula is C26H23N3OS2. The van der Waals surface area contributed by atoms with Gasteiger partial charge in [0.1, 0.15) is 4.91 Å². The number of anilines is 1. The quantitative estimate of drug-likeness (QED) is 0.436. The average molecular weight is 458 g/mol. The van der Waals surface area contributed by atoms with E-state index in [1.165, 1.54) is 22.2 Å². The zero-order chi connectivity index (χ0) is 22.1. The summed E-state index contributed by atoms with van der Waals surface area (Å²) in [5, 5.41) is 1.72. The molecule has 4 nitrogen and oxygen atoms in total. The summed E-state index contributed by atoms with van der Waals surface area (Å²) in [6, 6.07) is 26.6. The summed E-state index contributed by atoms with van der Waals surface area (Å²) in [4.78, 5) is 24.4. The van der Waals surface area contributed by atoms with Crippen molar-refractivity contribution in [3.63, 3.8) is 0 Å². The highest BCUT2D eigenvalue weighted by Crippen LogP contribution is 2.50. The maximum Gasteiger partial charge on any atom is 0.269 e. The molecule has 1 fully saturated rings. The van der Waals surface area contributed by atoms with E-state index in [4.69, 9.17) is 4.99 Å². The van der Waals surface area contributed by atoms with Gasteiger partial charge < -0.3 is 4.90 Å². The number of hydrogen-bond donors (Lipinski definition) is 0. The second-order valence-electron chi connectivity index (χ2n) is 7.74. The van der Waals surface area contributed by atoms with Gasteiger partial charge in [0, 0.05) is 18.5 Å². The number of amidine groups is 1. The molecule has 1 amide bonds. The van der Waals surface area contributed by atoms with Gasteiger partial charge in [0.05, 0.1) is 16.4 Å². The number of aryl methyl sites for hydroxylation is 1. The lowest BCUT2D eigenvalue weighted by Crippen LogP contribution is -2.31. The molecule has 3 aromatic rings. The van der Waals surface area contributed by atoms with Crippen LogP contribution in [0, 0.1) is 6.92 Å². The van der Waals surface area contributed by atoms with Crippen molar-refractivity contribution in [1.82, 2.24) is 4.90 Å². The molecule has 0 aliphatic carbocycles. The predicted octanol–water partition coefficient (Wildman–Crippen LogP) is 6.21. The van der Waals surface area contributed by atoms with Crippen molar-refractivity contribution in [2.45, 2.75) is 18.2 Å². The maximum absolute atomic E-state index is 13.6. The van der Waals surface area contributed by atoms with Crippen molar-refractivity contribution in [3.8, 4) is 0 Å². The number of aliphatic imine (C=N–C) groups is 1. The summed E-state index contributed by atoms with van der Waals surface area (Å²) in [5.74, 6) is 0.0282. The molecular weight excluding hydrogens is 434 g/mol. The number of thioether (sulfide) groups is 2. The molecule has 2 aliphatic rings. The van der Waals surface area contributed by atoms with Gasteiger partial charge >= 0.3 is 0 Å². The minimum atomic E-state index is 0.0282. The SMILES string of the molecule is Cc1ccccc1N=C1SC(=C2Sc3ccccc3N2C)C(=O)N1CCc1ccccc1. The molecule has 2 heterocycles. The van der Waals surface area contributed by atoms with Crippen LogP contribution in [0.4, 0.5) is 11.4 Å². The third-order valence-electron chi connectivity index (χ3n) is 5.59. The minimum absolute atomic E-state index is 0.0282. The molecule has 0 bridgehead atoms. The molecule has 0 unspecified atom stereocenters. The molecule has 3 aromatic carbocycles. The van der Waals surface area contributed by atoms with E-state index in [2.05, 4.69) is 29.2 Å². The second-order valence-corrected chi connectivity index (χ2v) is 9.75. The molecule has 0 atom stereocenters. The Hall–Kier alpha value is -2.96. The van der Waals surface area contributed by atoms with Crippen LogP contribution in [-0.2, 0) is 11.2 Å². The molecule has 0 aromatic heterocycles. The van der Waals surface area contributed by atoms with Crippen LogP contribution in [0.25, 0.3) is 0 Å². The van der Waals surface area contributed by atoms with Crippen molar-refractivity contribution < 1.29 is 4.79 Å². The number of nitrogens with zero attached hydrogens (tertiary/aromatic N) is 3. The van der Waals surface area contributed by atoms with Gasteiger partial charge in [-0.15, -0.1) is 0 Å². The fraction of sp³-hybridized carbons (Fsp3) is 0.154. The first-order chi connectivity index (χ1) is 15.6. The van der Waals surface area contributed by atoms with E-state index in [0.717, 1.165) is 38.5 Å². The highest BCUT2D eigenvalue weighted by molar-refractivity contribution is 8.19. The van der Waals surface area contributed by atoms with Crippen LogP contribution >= 0.6 is 23.5 Å². The zero-order valence-corrected chi connectivity index (χ0v) is 19.6. The van der Waals surface area contributed by atoms with Gasteiger partial charge in [-0.3, -0.25) is 9.69 Å². The Bertz CT molecular complexity index is 1240. The number of para-hydroxylation sites is 2. The van der Waals surface area contributed by atoms with Crippen LogP contribution in [0.15, 0.2) is 98.7 Å². The van der Waals surface area contributed by atoms with Gasteiger partial charge in [0.15, 0.2) is 5.17 Å². The van der Waals surface area contributed by atoms with Crippen molar-refractivity contribution in [1.29, 1.82) is 0 Å². The highest BCUT2D eigenvalue weighted by atomic mass is 32.2. The standard InChI is InChI=1S/C26H23N3OS2/c1-18-10-6-7-13-20(18)27-26-29(17-16-19-11-4-3-5-12-19)24(30)23(32-26)25-28(2)21-14-8-9-15-22(21)31-25/h3-15H,16-17H2,1-2H3. The Morgan fingerprint density at radius 3 is 2.38 bits per heavy atom. The number of hydrogen-bond acceptors (Lipinski definition) is 5. The van der Waals surface area contributed by atoms with Gasteiger partial charge in [-0.1, -0.05) is 72.4 Å². The van der Waals surface area contributed by atoms with Crippen LogP contribution in [-0.4, -0.2) is 29.6 Å². The number of rotatable bonds is 4. The first kappa shape index (κ1) is 20.9. The Morgan fingerprint density at radius 2 is 1.59 bits per heavy atom. The van der Waals surface area contributed by atoms with Gasteiger partial charge in [-0.05, 0) is 54.4 Å². The summed E-state index contributed by atoms with van der Waals surface area (Å²) < 4.78 is 0. The largest absolute Gasteiger partial charge is 0.337 e. The maximum atomic E-state index is 13.6. The summed E-state index contributed by atoms with van der Waals surface area (Å²) in [6.07, 6.45) is 0.783. The zero-order valence-electron chi connectivity index (χ0n) is 18.0. The van der Waals surface area contributed by atoms with E-state index < -0.39 is 0 Å². The minimum Gasteiger partial charge on any atom is -0.337 e. The second kappa shape index (κ2) is 8.88. The molecule has 0 N–H and O–H groups in total. The molecule has 0 spiro atoms. The monoisotopic (exact) mass is 457 g/mol. The molecule has 0 saturated carbocycles. The molecule has 160 valence electrons. The normalized spacial score (nSPS) is 19.2. The van der Waals surface area contributed by atoms with Crippen LogP contribution in [0.3, 0.4) is 0 Å². The van der Waals surface area contributed by atoms with Crippen molar-refractivity contribution in [2.24, 2.45) is 4.99 Å². The number of amides is 1. The third kappa shape index (κ3) is 3.96. The van der Waals surface area contributed by atoms with Crippen molar-refractivity contribution in [3.05, 3.63) is 99.9 Å². The summed E-state index contributed by atoms with van der Waals surface area (Å²) in [6.45, 7) is 2.64. The number of benzene rings is 3. The summed E-state index contributed by atoms with van der Waals surface area (Å²) in [7, 11) is 2.03. The Kier molecular flexibility index (Phi) is 5.81. The van der Waals surface area contributed by atoms with Gasteiger partial charge in [-0.2, -0.15) is 0 Å². The number of carbonyl (C=O) groups is 1. The molecule has 1 saturated heterocycles. The van der Waals surface area contributed by atoms with Crippen molar-refractivity contribution in [2.75, 3.05) is 18.5 Å². The van der Waals surface area contributed by atoms with Crippen LogP contribution in [0.5, 0.6) is 0 Å². The van der Waals surface area contributed by atoms with E-state index in [9.17, 15) is 4.79 Å². The topological polar surface area (TPSA) is 35.9 Å². The van der Waals surface area contributed by atoms with E-state index in [0.29, 0.717) is 6.54 Å². The lowest BCUT2D eigenvalue weighted by molar-refractivity contribution is -0.122. The van der Waals surface area contributed by atoms with Crippen molar-refractivity contribution >= 4 is 46.0 Å². The first-order valence-corrected chi connectivity index (χ1v) is 12.2. The van der Waals surface area contributed by atoms with Crippen LogP contribution < -0.4 is 4.90 Å². The van der Waals surface area contributed by atoms with E-state index in [1.807, 2.05) is 73.5 Å². The Labute approximate surface area is 197 Å². The lowest BCUT2D eigenvalue weighted by atomic mass is 10.1. The van der Waals surface area contributed by atoms with Crippen LogP contribution in [0.1, 0.15) is 11.1 Å². The summed E-state index contributed by atoms with van der Waals surface area (Å²) >= 11 is 3.14. The molecule has 0 radical (unpaired) electrons. The molecule has 2 aliphatic heterocycles. The van der Waals surface area contributed by atoms with E-state index >= 15 is 0 Å². The molecule has 6 heteroatoms. The van der Waals surface area contributed by atoms with Crippen LogP contribution in [0.2, 0.25) is 0 Å². The predicted molar refractivity (Wildman–Crippen MR) is 135 cm³/mol. The van der Waals surface area contributed by atoms with E-state index in [-0.39, 0.29) is 5.91 Å². The fourth-order valence-electron chi connectivity index (χ4n) is 3.79. The smallest absolute Gasteiger partial charge is 0.269 e. The Morgan fingerprint density at radius 1 is 0.875 bits per heavy atom. The third-order valence-corrected chi connectivity index (χ3v) is 8.03. The van der Waals surface area contributed by atoms with E-state index in [1.54, 1.807) is 11.8 Å². The fourth-order valence-corrected chi connectivity index (χ4v) is 6.16. The average Bonchev–Trinajstić information content (AvgIpc) is 3.31. The first-order valence-electron chi connectivity index (χ1n) is 10.5.